The molecule has 0 amide bonds. The van der Waals surface area contributed by atoms with E-state index in [1.54, 1.807) is 0 Å². The fraction of sp³-hybridized carbons (Fsp3) is 0.632. The number of benzene rings is 1. The highest BCUT2D eigenvalue weighted by Gasteiger charge is 2.71. The Labute approximate surface area is 142 Å². The predicted octanol–water partition coefficient (Wildman–Crippen LogP) is 1.45. The van der Waals surface area contributed by atoms with Crippen molar-refractivity contribution in [1.29, 1.82) is 0 Å². The van der Waals surface area contributed by atoms with E-state index in [0.717, 1.165) is 29.4 Å². The lowest BCUT2D eigenvalue weighted by Gasteiger charge is -2.47. The Kier molecular flexibility index (Phi) is 3.90. The zero-order valence-electron chi connectivity index (χ0n) is 14.3. The summed E-state index contributed by atoms with van der Waals surface area (Å²) in [5, 5.41) is 9.64. The van der Waals surface area contributed by atoms with Gasteiger partial charge in [0, 0.05) is 12.8 Å². The molecule has 0 radical (unpaired) electrons. The lowest BCUT2D eigenvalue weighted by molar-refractivity contribution is -0.954. The third-order valence-corrected chi connectivity index (χ3v) is 6.48. The summed E-state index contributed by atoms with van der Waals surface area (Å²) in [5.41, 5.74) is 0.809. The van der Waals surface area contributed by atoms with Crippen molar-refractivity contribution in [2.45, 2.75) is 56.1 Å². The molecule has 4 rings (SSSR count). The minimum absolute atomic E-state index is 0.0561. The fourth-order valence-electron chi connectivity index (χ4n) is 4.87. The van der Waals surface area contributed by atoms with Gasteiger partial charge in [0.2, 0.25) is 0 Å². The van der Waals surface area contributed by atoms with Gasteiger partial charge in [-0.1, -0.05) is 30.3 Å². The van der Waals surface area contributed by atoms with Gasteiger partial charge in [-0.05, 0) is 12.5 Å². The molecule has 5 nitrogen and oxygen atoms in total. The third-order valence-electron chi connectivity index (χ3n) is 6.48. The summed E-state index contributed by atoms with van der Waals surface area (Å²) in [4.78, 5) is 12.6. The Balaban J connectivity index is 1.44. The van der Waals surface area contributed by atoms with Crippen LogP contribution in [0.1, 0.15) is 31.2 Å². The van der Waals surface area contributed by atoms with E-state index >= 15 is 0 Å². The average molecular weight is 332 g/mol. The normalized spacial score (nSPS) is 40.7. The molecule has 1 aromatic rings. The van der Waals surface area contributed by atoms with Gasteiger partial charge in [0.1, 0.15) is 36.3 Å². The van der Waals surface area contributed by atoms with Crippen LogP contribution in [0.15, 0.2) is 30.3 Å². The highest BCUT2D eigenvalue weighted by Crippen LogP contribution is 2.52. The van der Waals surface area contributed by atoms with Crippen LogP contribution in [0.25, 0.3) is 0 Å². The Hall–Kier alpha value is -1.43. The largest absolute Gasteiger partial charge is 0.461 e. The lowest BCUT2D eigenvalue weighted by atomic mass is 9.95. The van der Waals surface area contributed by atoms with E-state index in [0.29, 0.717) is 24.3 Å². The van der Waals surface area contributed by atoms with E-state index in [2.05, 4.69) is 14.0 Å². The third kappa shape index (κ3) is 2.38. The molecule has 3 fully saturated rings. The molecule has 24 heavy (non-hydrogen) atoms. The Morgan fingerprint density at radius 1 is 1.29 bits per heavy atom. The first-order chi connectivity index (χ1) is 11.6. The fourth-order valence-corrected chi connectivity index (χ4v) is 4.87. The number of aliphatic hydroxyl groups excluding tert-OH is 1. The molecule has 3 unspecified atom stereocenters. The first kappa shape index (κ1) is 16.1. The maximum absolute atomic E-state index is 12.6. The second-order valence-corrected chi connectivity index (χ2v) is 7.54. The van der Waals surface area contributed by atoms with Crippen molar-refractivity contribution < 1.29 is 23.9 Å². The number of carbonyl (C=O) groups excluding carboxylic acids is 1. The topological polar surface area (TPSA) is 59.1 Å². The number of aliphatic hydroxyl groups is 1. The highest BCUT2D eigenvalue weighted by molar-refractivity contribution is 5.78. The molecular formula is C19H26NO4+. The monoisotopic (exact) mass is 332 g/mol. The molecule has 7 atom stereocenters. The number of epoxide rings is 1. The van der Waals surface area contributed by atoms with E-state index in [1.165, 1.54) is 0 Å². The summed E-state index contributed by atoms with van der Waals surface area (Å²) in [7, 11) is 2.31. The highest BCUT2D eigenvalue weighted by atomic mass is 16.6. The maximum Gasteiger partial charge on any atom is 0.316 e. The number of ether oxygens (including phenoxy) is 2. The standard InChI is InChI=1S/C19H26NO4/c1-3-20(2)15-9-13(10-16(20)18-17(15)24-18)23-19(22)14(11-21)12-7-5-4-6-8-12/h4-8,13-18,21H,3,9-11H2,1-2H3/q+1/t13?,14?,15-,16+,17-,18+,20?. The summed E-state index contributed by atoms with van der Waals surface area (Å²) in [6.07, 6.45) is 2.37. The minimum atomic E-state index is -0.594. The summed E-state index contributed by atoms with van der Waals surface area (Å²) in [5.74, 6) is -0.904. The van der Waals surface area contributed by atoms with E-state index in [1.807, 2.05) is 30.3 Å². The first-order valence-corrected chi connectivity index (χ1v) is 8.95. The number of morpholine rings is 1. The molecule has 5 heteroatoms. The van der Waals surface area contributed by atoms with Crippen molar-refractivity contribution in [3.63, 3.8) is 0 Å². The Morgan fingerprint density at radius 2 is 1.92 bits per heavy atom. The van der Waals surface area contributed by atoms with Crippen molar-refractivity contribution in [3.05, 3.63) is 35.9 Å². The molecule has 130 valence electrons. The number of piperidine rings is 1. The van der Waals surface area contributed by atoms with Crippen molar-refractivity contribution in [1.82, 2.24) is 0 Å². The predicted molar refractivity (Wildman–Crippen MR) is 88.3 cm³/mol. The number of nitrogens with zero attached hydrogens (tertiary/aromatic N) is 1. The SMILES string of the molecule is CC[N+]1(C)[C@@H]2CC(OC(=O)C(CO)c3ccccc3)C[C@H]1[C@@H]1O[C@@H]12. The van der Waals surface area contributed by atoms with Crippen LogP contribution < -0.4 is 0 Å². The molecule has 3 aliphatic heterocycles. The zero-order chi connectivity index (χ0) is 16.9. The van der Waals surface area contributed by atoms with Crippen LogP contribution in [-0.2, 0) is 14.3 Å². The van der Waals surface area contributed by atoms with Crippen molar-refractivity contribution in [3.8, 4) is 0 Å². The zero-order valence-corrected chi connectivity index (χ0v) is 14.3. The van der Waals surface area contributed by atoms with Crippen LogP contribution >= 0.6 is 0 Å². The molecule has 1 aromatic carbocycles. The summed E-state index contributed by atoms with van der Waals surface area (Å²) in [6.45, 7) is 3.10. The van der Waals surface area contributed by atoms with Gasteiger partial charge in [0.25, 0.3) is 0 Å². The maximum atomic E-state index is 12.6. The molecule has 0 aliphatic carbocycles. The number of carbonyl (C=O) groups is 1. The molecule has 3 heterocycles. The van der Waals surface area contributed by atoms with Gasteiger partial charge < -0.3 is 19.1 Å². The van der Waals surface area contributed by atoms with Gasteiger partial charge in [-0.25, -0.2) is 0 Å². The van der Waals surface area contributed by atoms with E-state index in [-0.39, 0.29) is 18.7 Å². The summed E-state index contributed by atoms with van der Waals surface area (Å²) in [6, 6.07) is 10.2. The van der Waals surface area contributed by atoms with Crippen LogP contribution in [0, 0.1) is 0 Å². The van der Waals surface area contributed by atoms with Crippen molar-refractivity contribution >= 4 is 5.97 Å². The van der Waals surface area contributed by atoms with Crippen LogP contribution in [0.3, 0.4) is 0 Å². The number of hydrogen-bond acceptors (Lipinski definition) is 4. The molecule has 1 N–H and O–H groups in total. The van der Waals surface area contributed by atoms with E-state index in [9.17, 15) is 9.90 Å². The van der Waals surface area contributed by atoms with Crippen molar-refractivity contribution in [2.75, 3.05) is 20.2 Å². The molecule has 3 aliphatic rings. The molecule has 0 aromatic heterocycles. The van der Waals surface area contributed by atoms with Crippen LogP contribution in [-0.4, -0.2) is 66.2 Å². The molecule has 0 saturated carbocycles. The Morgan fingerprint density at radius 3 is 2.46 bits per heavy atom. The molecular weight excluding hydrogens is 306 g/mol. The molecule has 3 saturated heterocycles. The van der Waals surface area contributed by atoms with Gasteiger partial charge in [0.15, 0.2) is 0 Å². The van der Waals surface area contributed by atoms with Gasteiger partial charge in [0.05, 0.1) is 20.2 Å². The quantitative estimate of drug-likeness (QED) is 0.504. The first-order valence-electron chi connectivity index (χ1n) is 8.95. The van der Waals surface area contributed by atoms with Gasteiger partial charge >= 0.3 is 5.97 Å². The minimum Gasteiger partial charge on any atom is -0.461 e. The number of likely N-dealkylation sites (N-methyl/N-ethyl adjacent to an activating group) is 1. The number of fused-ring (bicyclic) bond motifs is 5. The number of quaternary nitrogens is 1. The number of rotatable bonds is 5. The average Bonchev–Trinajstić information content (AvgIpc) is 3.35. The second kappa shape index (κ2) is 5.83. The molecule has 0 spiro atoms. The number of esters is 1. The van der Waals surface area contributed by atoms with Crippen molar-refractivity contribution in [2.24, 2.45) is 0 Å². The van der Waals surface area contributed by atoms with E-state index < -0.39 is 5.92 Å². The van der Waals surface area contributed by atoms with E-state index in [4.69, 9.17) is 9.47 Å². The van der Waals surface area contributed by atoms with Crippen LogP contribution in [0.4, 0.5) is 0 Å². The second-order valence-electron chi connectivity index (χ2n) is 7.54. The smallest absolute Gasteiger partial charge is 0.316 e. The Bertz CT molecular complexity index is 601. The molecule has 2 bridgehead atoms. The van der Waals surface area contributed by atoms with Gasteiger partial charge in [-0.3, -0.25) is 4.79 Å². The summed E-state index contributed by atoms with van der Waals surface area (Å²) < 4.78 is 12.7. The lowest BCUT2D eigenvalue weighted by Crippen LogP contribution is -2.62. The van der Waals surface area contributed by atoms with Crippen LogP contribution in [0.2, 0.25) is 0 Å². The van der Waals surface area contributed by atoms with Crippen LogP contribution in [0.5, 0.6) is 0 Å². The van der Waals surface area contributed by atoms with Gasteiger partial charge in [-0.15, -0.1) is 0 Å². The van der Waals surface area contributed by atoms with Gasteiger partial charge in [-0.2, -0.15) is 0 Å². The number of hydrogen-bond donors (Lipinski definition) is 1. The summed E-state index contributed by atoms with van der Waals surface area (Å²) >= 11 is 0.